The monoisotopic (exact) mass is 396 g/mol. The first-order chi connectivity index (χ1) is 15.4. The number of pyridine rings is 3. The van der Waals surface area contributed by atoms with Gasteiger partial charge in [-0.3, -0.25) is 14.4 Å². The van der Waals surface area contributed by atoms with Crippen LogP contribution in [0.4, 0.5) is 0 Å². The number of fused-ring (bicyclic) bond motifs is 14. The van der Waals surface area contributed by atoms with Gasteiger partial charge < -0.3 is 0 Å². The smallest absolute Gasteiger partial charge is 0.146 e. The van der Waals surface area contributed by atoms with Crippen LogP contribution in [0.15, 0.2) is 73.2 Å². The molecule has 0 saturated heterocycles. The highest BCUT2D eigenvalue weighted by molar-refractivity contribution is 6.10. The Balaban J connectivity index is 1.55. The lowest BCUT2D eigenvalue weighted by Gasteiger charge is -2.12. The first-order valence-corrected chi connectivity index (χ1v) is 10.6. The van der Waals surface area contributed by atoms with Gasteiger partial charge in [0.2, 0.25) is 0 Å². The molecular weight excluding hydrogens is 380 g/mol. The van der Waals surface area contributed by atoms with E-state index in [0.717, 1.165) is 46.0 Å². The van der Waals surface area contributed by atoms with Crippen molar-refractivity contribution in [2.45, 2.75) is 12.8 Å². The van der Waals surface area contributed by atoms with Gasteiger partial charge >= 0.3 is 0 Å². The fraction of sp³-hybridized carbons (Fsp3) is 0.0741. The molecule has 4 nitrogen and oxygen atoms in total. The van der Waals surface area contributed by atoms with Crippen LogP contribution < -0.4 is 0 Å². The molecule has 2 aliphatic carbocycles. The van der Waals surface area contributed by atoms with Crippen LogP contribution >= 0.6 is 0 Å². The Morgan fingerprint density at radius 2 is 1.74 bits per heavy atom. The fourth-order valence-corrected chi connectivity index (χ4v) is 5.71. The van der Waals surface area contributed by atoms with Crippen molar-refractivity contribution in [2.24, 2.45) is 0 Å². The highest BCUT2D eigenvalue weighted by atomic mass is 15.0. The van der Waals surface area contributed by atoms with Crippen LogP contribution in [0.3, 0.4) is 0 Å². The van der Waals surface area contributed by atoms with E-state index >= 15 is 0 Å². The molecule has 0 bridgehead atoms. The summed E-state index contributed by atoms with van der Waals surface area (Å²) in [6.07, 6.45) is 7.48. The van der Waals surface area contributed by atoms with Crippen molar-refractivity contribution in [3.8, 4) is 22.4 Å². The molecule has 6 aromatic rings. The highest BCUT2D eigenvalue weighted by Crippen LogP contribution is 2.48. The van der Waals surface area contributed by atoms with Gasteiger partial charge in [-0.15, -0.1) is 0 Å². The van der Waals surface area contributed by atoms with E-state index in [9.17, 15) is 0 Å². The topological polar surface area (TPSA) is 43.1 Å². The minimum absolute atomic E-state index is 0.879. The van der Waals surface area contributed by atoms with Crippen LogP contribution in [-0.4, -0.2) is 19.4 Å². The molecule has 31 heavy (non-hydrogen) atoms. The van der Waals surface area contributed by atoms with Gasteiger partial charge in [0.1, 0.15) is 5.65 Å². The first kappa shape index (κ1) is 15.7. The second-order valence-electron chi connectivity index (χ2n) is 8.50. The SMILES string of the molecule is c1ccc2c(c1)Cc1c-2ccc2c1-c1c(nc3c4ccncc4c4ncccc4n13)C2. The molecule has 2 aromatic carbocycles. The summed E-state index contributed by atoms with van der Waals surface area (Å²) < 4.78 is 2.34. The predicted octanol–water partition coefficient (Wildman–Crippen LogP) is 5.57. The van der Waals surface area contributed by atoms with Gasteiger partial charge in [0, 0.05) is 41.3 Å². The third-order valence-corrected chi connectivity index (χ3v) is 6.96. The van der Waals surface area contributed by atoms with Crippen molar-refractivity contribution in [3.63, 3.8) is 0 Å². The Labute approximate surface area is 177 Å². The molecule has 0 amide bonds. The molecule has 144 valence electrons. The molecule has 0 fully saturated rings. The highest BCUT2D eigenvalue weighted by Gasteiger charge is 2.32. The van der Waals surface area contributed by atoms with E-state index < -0.39 is 0 Å². The Kier molecular flexibility index (Phi) is 2.72. The van der Waals surface area contributed by atoms with Crippen LogP contribution in [-0.2, 0) is 12.8 Å². The molecule has 4 heterocycles. The normalized spacial score (nSPS) is 13.5. The van der Waals surface area contributed by atoms with Crippen molar-refractivity contribution in [2.75, 3.05) is 0 Å². The number of hydrogen-bond donors (Lipinski definition) is 0. The average Bonchev–Trinajstić information content (AvgIpc) is 3.48. The summed E-state index contributed by atoms with van der Waals surface area (Å²) in [4.78, 5) is 14.3. The number of hydrogen-bond acceptors (Lipinski definition) is 3. The molecular formula is C27H16N4. The number of benzene rings is 2. The van der Waals surface area contributed by atoms with Crippen molar-refractivity contribution in [1.82, 2.24) is 19.4 Å². The maximum Gasteiger partial charge on any atom is 0.146 e. The van der Waals surface area contributed by atoms with Gasteiger partial charge in [0.05, 0.1) is 22.4 Å². The fourth-order valence-electron chi connectivity index (χ4n) is 5.71. The first-order valence-electron chi connectivity index (χ1n) is 10.6. The van der Waals surface area contributed by atoms with Crippen molar-refractivity contribution >= 4 is 27.5 Å². The van der Waals surface area contributed by atoms with Gasteiger partial charge in [-0.25, -0.2) is 4.98 Å². The van der Waals surface area contributed by atoms with Crippen molar-refractivity contribution < 1.29 is 0 Å². The minimum atomic E-state index is 0.879. The standard InChI is InChI=1S/C27H16N4/c1-2-5-17-15(4-1)12-20-18(17)8-7-16-13-22-26(24(16)20)31-23-6-3-10-29-25(23)21-14-28-11-9-19(21)27(31)30-22/h1-11,14H,12-13H2. The second-order valence-corrected chi connectivity index (χ2v) is 8.50. The van der Waals surface area contributed by atoms with Crippen LogP contribution in [0, 0.1) is 0 Å². The number of rotatable bonds is 0. The Morgan fingerprint density at radius 3 is 2.74 bits per heavy atom. The molecule has 0 aliphatic heterocycles. The van der Waals surface area contributed by atoms with Gasteiger partial charge in [0.15, 0.2) is 0 Å². The minimum Gasteiger partial charge on any atom is -0.290 e. The second kappa shape index (κ2) is 5.35. The van der Waals surface area contributed by atoms with Crippen LogP contribution in [0.25, 0.3) is 49.8 Å². The average molecular weight is 396 g/mol. The van der Waals surface area contributed by atoms with E-state index in [4.69, 9.17) is 9.97 Å². The zero-order valence-corrected chi connectivity index (χ0v) is 16.6. The van der Waals surface area contributed by atoms with Crippen LogP contribution in [0.2, 0.25) is 0 Å². The van der Waals surface area contributed by atoms with Crippen LogP contribution in [0.1, 0.15) is 22.4 Å². The molecule has 0 atom stereocenters. The third-order valence-electron chi connectivity index (χ3n) is 6.96. The summed E-state index contributed by atoms with van der Waals surface area (Å²) in [6.45, 7) is 0. The lowest BCUT2D eigenvalue weighted by Crippen LogP contribution is -1.97. The summed E-state index contributed by atoms with van der Waals surface area (Å²) in [7, 11) is 0. The summed E-state index contributed by atoms with van der Waals surface area (Å²) in [5, 5.41) is 2.16. The lowest BCUT2D eigenvalue weighted by molar-refractivity contribution is 1.16. The Hall–Kier alpha value is -4.05. The van der Waals surface area contributed by atoms with E-state index in [1.165, 1.54) is 39.1 Å². The van der Waals surface area contributed by atoms with Gasteiger partial charge in [-0.1, -0.05) is 36.4 Å². The number of imidazole rings is 1. The summed E-state index contributed by atoms with van der Waals surface area (Å²) >= 11 is 0. The van der Waals surface area contributed by atoms with E-state index in [-0.39, 0.29) is 0 Å². The van der Waals surface area contributed by atoms with Crippen LogP contribution in [0.5, 0.6) is 0 Å². The molecule has 0 radical (unpaired) electrons. The van der Waals surface area contributed by atoms with E-state index in [1.807, 2.05) is 24.7 Å². The summed E-state index contributed by atoms with van der Waals surface area (Å²) in [6, 6.07) is 19.6. The van der Waals surface area contributed by atoms with E-state index in [0.29, 0.717) is 0 Å². The quantitative estimate of drug-likeness (QED) is 0.315. The largest absolute Gasteiger partial charge is 0.290 e. The van der Waals surface area contributed by atoms with Crippen molar-refractivity contribution in [1.29, 1.82) is 0 Å². The zero-order chi connectivity index (χ0) is 20.1. The zero-order valence-electron chi connectivity index (χ0n) is 16.6. The van der Waals surface area contributed by atoms with Gasteiger partial charge in [-0.2, -0.15) is 0 Å². The molecule has 8 rings (SSSR count). The number of aromatic nitrogens is 4. The maximum atomic E-state index is 5.17. The molecule has 0 unspecified atom stereocenters. The maximum absolute atomic E-state index is 5.17. The predicted molar refractivity (Wildman–Crippen MR) is 122 cm³/mol. The lowest BCUT2D eigenvalue weighted by atomic mass is 9.97. The molecule has 2 aliphatic rings. The summed E-state index contributed by atoms with van der Waals surface area (Å²) in [5.41, 5.74) is 13.8. The Bertz CT molecular complexity index is 1740. The van der Waals surface area contributed by atoms with E-state index in [2.05, 4.69) is 57.9 Å². The Morgan fingerprint density at radius 1 is 0.774 bits per heavy atom. The third kappa shape index (κ3) is 1.84. The van der Waals surface area contributed by atoms with Crippen molar-refractivity contribution in [3.05, 3.63) is 95.6 Å². The van der Waals surface area contributed by atoms with E-state index in [1.54, 1.807) is 0 Å². The van der Waals surface area contributed by atoms with Gasteiger partial charge in [0.25, 0.3) is 0 Å². The number of nitrogens with zero attached hydrogens (tertiary/aromatic N) is 4. The summed E-state index contributed by atoms with van der Waals surface area (Å²) in [5.74, 6) is 0. The molecule has 0 N–H and O–H groups in total. The molecule has 4 heteroatoms. The molecule has 0 saturated carbocycles. The molecule has 0 spiro atoms. The molecule has 4 aromatic heterocycles. The van der Waals surface area contributed by atoms with Gasteiger partial charge in [-0.05, 0) is 52.4 Å².